The van der Waals surface area contributed by atoms with Gasteiger partial charge in [0, 0.05) is 43.6 Å². The number of amides is 5. The van der Waals surface area contributed by atoms with Crippen molar-refractivity contribution >= 4 is 23.9 Å². The largest absolute Gasteiger partial charge is 0.453 e. The molecule has 1 aliphatic rings. The summed E-state index contributed by atoms with van der Waals surface area (Å²) in [7, 11) is 1.23. The molecule has 0 spiro atoms. The Kier molecular flexibility index (Phi) is 16.6. The molecule has 1 saturated heterocycles. The van der Waals surface area contributed by atoms with Crippen molar-refractivity contribution in [3.05, 3.63) is 120 Å². The van der Waals surface area contributed by atoms with Gasteiger partial charge in [-0.3, -0.25) is 25.0 Å². The summed E-state index contributed by atoms with van der Waals surface area (Å²) in [6.45, 7) is 14.8. The Labute approximate surface area is 366 Å². The summed E-state index contributed by atoms with van der Waals surface area (Å²) in [6.07, 6.45) is 0.675. The summed E-state index contributed by atoms with van der Waals surface area (Å²) in [5, 5.41) is 19.6. The number of alkyl carbamates (subject to hydrolysis) is 1. The molecule has 3 heterocycles. The van der Waals surface area contributed by atoms with Crippen LogP contribution >= 0.6 is 0 Å². The van der Waals surface area contributed by atoms with Gasteiger partial charge in [-0.15, -0.1) is 0 Å². The molecule has 0 saturated carbocycles. The van der Waals surface area contributed by atoms with Crippen molar-refractivity contribution < 1.29 is 29.0 Å². The number of urea groups is 1. The van der Waals surface area contributed by atoms with Crippen molar-refractivity contribution in [2.45, 2.75) is 105 Å². The Balaban J connectivity index is 1.41. The van der Waals surface area contributed by atoms with Gasteiger partial charge in [0.05, 0.1) is 37.2 Å². The number of hydrazine groups is 1. The third-order valence-corrected chi connectivity index (χ3v) is 11.3. The number of nitrogens with zero attached hydrogens (tertiary/aromatic N) is 5. The molecule has 4 N–H and O–H groups in total. The lowest BCUT2D eigenvalue weighted by molar-refractivity contribution is -0.132. The zero-order valence-corrected chi connectivity index (χ0v) is 37.4. The van der Waals surface area contributed by atoms with E-state index in [0.29, 0.717) is 26.1 Å². The second kappa shape index (κ2) is 21.8. The number of pyridine rings is 2. The first-order valence-electron chi connectivity index (χ1n) is 21.5. The Hall–Kier alpha value is -5.86. The Bertz CT molecular complexity index is 2080. The highest BCUT2D eigenvalue weighted by atomic mass is 16.5. The van der Waals surface area contributed by atoms with E-state index in [1.807, 2.05) is 126 Å². The number of aliphatic hydroxyl groups is 1. The molecule has 1 fully saturated rings. The smallest absolute Gasteiger partial charge is 0.407 e. The van der Waals surface area contributed by atoms with Gasteiger partial charge in [-0.05, 0) is 59.1 Å². The second-order valence-electron chi connectivity index (χ2n) is 17.5. The maximum Gasteiger partial charge on any atom is 0.407 e. The number of benzene rings is 2. The topological polar surface area (TPSA) is 169 Å². The summed E-state index contributed by atoms with van der Waals surface area (Å²) >= 11 is 0. The zero-order valence-electron chi connectivity index (χ0n) is 37.4. The van der Waals surface area contributed by atoms with Crippen molar-refractivity contribution in [3.63, 3.8) is 0 Å². The maximum atomic E-state index is 14.6. The molecule has 2 aromatic carbocycles. The molecule has 14 nitrogen and oxygen atoms in total. The lowest BCUT2D eigenvalue weighted by atomic mass is 9.86. The first kappa shape index (κ1) is 47.2. The van der Waals surface area contributed by atoms with E-state index in [9.17, 15) is 24.3 Å². The van der Waals surface area contributed by atoms with E-state index in [0.717, 1.165) is 33.8 Å². The van der Waals surface area contributed by atoms with Crippen LogP contribution in [0.1, 0.15) is 83.3 Å². The minimum atomic E-state index is -1.21. The molecule has 0 aliphatic carbocycles. The molecular formula is C48H64N8O6. The van der Waals surface area contributed by atoms with Crippen molar-refractivity contribution in [2.75, 3.05) is 26.7 Å². The number of rotatable bonds is 19. The van der Waals surface area contributed by atoms with Crippen LogP contribution in [0.5, 0.6) is 0 Å². The molecule has 5 atom stereocenters. The normalized spacial score (nSPS) is 15.5. The molecule has 1 aliphatic heterocycles. The van der Waals surface area contributed by atoms with Crippen LogP contribution < -0.4 is 16.1 Å². The van der Waals surface area contributed by atoms with E-state index < -0.39 is 41.6 Å². The molecule has 0 radical (unpaired) electrons. The lowest BCUT2D eigenvalue weighted by Gasteiger charge is -2.36. The van der Waals surface area contributed by atoms with Gasteiger partial charge in [0.2, 0.25) is 5.91 Å². The molecule has 2 aromatic heterocycles. The molecule has 62 heavy (non-hydrogen) atoms. The van der Waals surface area contributed by atoms with Gasteiger partial charge in [0.15, 0.2) is 0 Å². The number of methoxy groups -OCH3 is 1. The lowest BCUT2D eigenvalue weighted by Crippen LogP contribution is -2.60. The molecule has 5 amide bonds. The number of aliphatic hydroxyl groups excluding tert-OH is 1. The quantitative estimate of drug-likeness (QED) is 0.0791. The molecule has 0 bridgehead atoms. The first-order valence-corrected chi connectivity index (χ1v) is 21.5. The second-order valence-corrected chi connectivity index (χ2v) is 17.5. The van der Waals surface area contributed by atoms with Crippen LogP contribution in [-0.2, 0) is 33.8 Å². The highest BCUT2D eigenvalue weighted by Crippen LogP contribution is 2.25. The summed E-state index contributed by atoms with van der Waals surface area (Å²) in [5.74, 6) is -0.832. The fraction of sp³-hybridized carbons (Fsp3) is 0.458. The van der Waals surface area contributed by atoms with E-state index in [2.05, 4.69) is 34.9 Å². The highest BCUT2D eigenvalue weighted by molar-refractivity contribution is 5.88. The summed E-state index contributed by atoms with van der Waals surface area (Å²) in [6, 6.07) is 26.0. The molecular weight excluding hydrogens is 785 g/mol. The fourth-order valence-electron chi connectivity index (χ4n) is 7.57. The highest BCUT2D eigenvalue weighted by Gasteiger charge is 2.41. The number of carbonyl (C=O) groups excluding carboxylic acids is 4. The van der Waals surface area contributed by atoms with E-state index in [4.69, 9.17) is 9.72 Å². The Morgan fingerprint density at radius 2 is 1.58 bits per heavy atom. The van der Waals surface area contributed by atoms with E-state index in [1.165, 1.54) is 7.11 Å². The number of ether oxygens (including phenoxy) is 1. The van der Waals surface area contributed by atoms with Crippen molar-refractivity contribution in [3.8, 4) is 11.3 Å². The van der Waals surface area contributed by atoms with E-state index in [-0.39, 0.29) is 43.3 Å². The summed E-state index contributed by atoms with van der Waals surface area (Å²) in [5.41, 5.74) is 7.43. The van der Waals surface area contributed by atoms with Crippen LogP contribution in [0.3, 0.4) is 0 Å². The van der Waals surface area contributed by atoms with Crippen molar-refractivity contribution in [1.29, 1.82) is 0 Å². The number of nitrogens with one attached hydrogen (secondary N) is 3. The standard InChI is InChI=1S/C48H64N8O6/c1-9-33(4)42(56-27-26-54(47(56)61)30-37-18-15-20-38(50-37)32(2)3)44(58)51-40(28-34-16-11-10-12-17-34)41(57)31-55(53-45(59)43(48(5,6)7)52-46(60)62-8)29-35-21-23-36(24-22-35)39-19-13-14-25-49-39/h10-25,32-33,40-43,57H,9,26-31H2,1-8H3,(H,51,58)(H,52,60)(H,53,59)/t33-,40-,41-,42-,43+/m0/s1. The van der Waals surface area contributed by atoms with Crippen LogP contribution in [0.15, 0.2) is 97.2 Å². The van der Waals surface area contributed by atoms with Crippen LogP contribution in [0, 0.1) is 11.3 Å². The van der Waals surface area contributed by atoms with Crippen molar-refractivity contribution in [2.24, 2.45) is 11.3 Å². The summed E-state index contributed by atoms with van der Waals surface area (Å²) < 4.78 is 4.84. The SMILES string of the molecule is CC[C@H](C)[C@@H](C(=O)N[C@@H](Cc1ccccc1)[C@@H](O)CN(Cc1ccc(-c2ccccn2)cc1)NC(=O)[C@@H](NC(=O)OC)C(C)(C)C)N1CCN(Cc2cccc(C(C)C)n2)C1=O. The van der Waals surface area contributed by atoms with Gasteiger partial charge >= 0.3 is 12.1 Å². The van der Waals surface area contributed by atoms with Crippen LogP contribution in [0.2, 0.25) is 0 Å². The predicted octanol–water partition coefficient (Wildman–Crippen LogP) is 6.31. The van der Waals surface area contributed by atoms with E-state index in [1.54, 1.807) is 21.0 Å². The summed E-state index contributed by atoms with van der Waals surface area (Å²) in [4.78, 5) is 67.7. The fourth-order valence-corrected chi connectivity index (χ4v) is 7.57. The third-order valence-electron chi connectivity index (χ3n) is 11.3. The average molecular weight is 849 g/mol. The number of hydrogen-bond acceptors (Lipinski definition) is 9. The number of carbonyl (C=O) groups is 4. The third kappa shape index (κ3) is 12.8. The van der Waals surface area contributed by atoms with Crippen LogP contribution in [0.4, 0.5) is 9.59 Å². The molecule has 5 rings (SSSR count). The minimum Gasteiger partial charge on any atom is -0.453 e. The average Bonchev–Trinajstić information content (AvgIpc) is 3.60. The number of aromatic nitrogens is 2. The zero-order chi connectivity index (χ0) is 45.0. The van der Waals surface area contributed by atoms with E-state index >= 15 is 0 Å². The maximum absolute atomic E-state index is 14.6. The number of hydrogen-bond donors (Lipinski definition) is 4. The van der Waals surface area contributed by atoms with Gasteiger partial charge < -0.3 is 30.3 Å². The van der Waals surface area contributed by atoms with Crippen LogP contribution in [-0.4, -0.2) is 105 Å². The van der Waals surface area contributed by atoms with Crippen molar-refractivity contribution in [1.82, 2.24) is 40.8 Å². The monoisotopic (exact) mass is 848 g/mol. The predicted molar refractivity (Wildman–Crippen MR) is 239 cm³/mol. The Morgan fingerprint density at radius 3 is 2.21 bits per heavy atom. The Morgan fingerprint density at radius 1 is 0.871 bits per heavy atom. The first-order chi connectivity index (χ1) is 29.6. The van der Waals surface area contributed by atoms with Gasteiger partial charge in [0.1, 0.15) is 12.1 Å². The molecule has 4 aromatic rings. The van der Waals surface area contributed by atoms with Gasteiger partial charge in [-0.1, -0.05) is 122 Å². The minimum absolute atomic E-state index is 0.104. The van der Waals surface area contributed by atoms with Gasteiger partial charge in [-0.2, -0.15) is 0 Å². The molecule has 14 heteroatoms. The molecule has 332 valence electrons. The van der Waals surface area contributed by atoms with Gasteiger partial charge in [-0.25, -0.2) is 14.6 Å². The van der Waals surface area contributed by atoms with Gasteiger partial charge in [0.25, 0.3) is 5.91 Å². The molecule has 0 unspecified atom stereocenters. The van der Waals surface area contributed by atoms with Crippen LogP contribution in [0.25, 0.3) is 11.3 Å².